The SMILES string of the molecule is C/C=C/C1(OC(=O)C(C)(C)CC)CCCCC1.C=C(C)C1(OC(=O)C(C)(C)CC)CCCC1.C=C(C)C1(OC(=O)C(C)(C)CC)CCCCC1.C=CC1(OC(=O)C(C)(C)CC)CCCCCC1.C=CC1(OC(=O)C(C)(C)CC)CCCCCCC1.CCC(C)(C)C(=O)OC1(C=C(C)C)CCC(C)CC1. The van der Waals surface area contributed by atoms with Gasteiger partial charge in [-0.2, -0.15) is 0 Å². The number of carbonyl (C=O) groups excluding carboxylic acids is 6. The van der Waals surface area contributed by atoms with Gasteiger partial charge in [-0.3, -0.25) is 28.8 Å². The van der Waals surface area contributed by atoms with E-state index in [0.717, 1.165) is 210 Å². The van der Waals surface area contributed by atoms with Gasteiger partial charge in [-0.15, -0.1) is 0 Å². The number of hydrogen-bond acceptors (Lipinski definition) is 12. The van der Waals surface area contributed by atoms with Crippen molar-refractivity contribution in [2.75, 3.05) is 0 Å². The van der Waals surface area contributed by atoms with Crippen LogP contribution in [0, 0.1) is 38.4 Å². The first-order chi connectivity index (χ1) is 48.3. The van der Waals surface area contributed by atoms with Gasteiger partial charge in [0.15, 0.2) is 0 Å². The molecule has 0 spiro atoms. The van der Waals surface area contributed by atoms with Crippen molar-refractivity contribution in [1.82, 2.24) is 0 Å². The van der Waals surface area contributed by atoms with Gasteiger partial charge in [0.1, 0.15) is 33.6 Å². The largest absolute Gasteiger partial charge is 0.454 e. The van der Waals surface area contributed by atoms with E-state index in [1.54, 1.807) is 0 Å². The van der Waals surface area contributed by atoms with Crippen LogP contribution in [-0.4, -0.2) is 69.4 Å². The van der Waals surface area contributed by atoms with Crippen LogP contribution in [0.15, 0.2) is 73.4 Å². The zero-order valence-electron chi connectivity index (χ0n) is 71.9. The molecule has 12 nitrogen and oxygen atoms in total. The summed E-state index contributed by atoms with van der Waals surface area (Å²) in [6.07, 6.45) is 48.6. The van der Waals surface area contributed by atoms with Gasteiger partial charge in [0, 0.05) is 0 Å². The zero-order valence-corrected chi connectivity index (χ0v) is 71.9. The molecule has 0 amide bonds. The van der Waals surface area contributed by atoms with Gasteiger partial charge in [-0.1, -0.05) is 131 Å². The molecule has 600 valence electrons. The number of hydrogen-bond donors (Lipinski definition) is 0. The normalized spacial score (nSPS) is 21.6. The monoisotopic (exact) mass is 1460 g/mol. The summed E-state index contributed by atoms with van der Waals surface area (Å²) in [5.74, 6) is 0.315. The molecular weight excluding hydrogens is 1300 g/mol. The van der Waals surface area contributed by atoms with Gasteiger partial charge < -0.3 is 28.4 Å². The second-order valence-corrected chi connectivity index (χ2v) is 36.4. The van der Waals surface area contributed by atoms with Crippen LogP contribution in [0.1, 0.15) is 404 Å². The molecule has 104 heavy (non-hydrogen) atoms. The molecule has 0 heterocycles. The van der Waals surface area contributed by atoms with Crippen LogP contribution in [0.2, 0.25) is 0 Å². The highest BCUT2D eigenvalue weighted by molar-refractivity contribution is 5.79. The average Bonchev–Trinajstić information content (AvgIpc) is 1.26. The third kappa shape index (κ3) is 31.1. The Kier molecular flexibility index (Phi) is 41.2. The fourth-order valence-electron chi connectivity index (χ4n) is 13.4. The minimum atomic E-state index is -0.413. The highest BCUT2D eigenvalue weighted by Crippen LogP contribution is 2.44. The molecule has 0 N–H and O–H groups in total. The minimum Gasteiger partial charge on any atom is -0.454 e. The number of esters is 6. The molecule has 0 aromatic heterocycles. The van der Waals surface area contributed by atoms with Gasteiger partial charge in [0.05, 0.1) is 32.5 Å². The Hall–Kier alpha value is -4.74. The summed E-state index contributed by atoms with van der Waals surface area (Å²) in [7, 11) is 0. The number of ether oxygens (including phenoxy) is 6. The van der Waals surface area contributed by atoms with Crippen molar-refractivity contribution in [2.45, 2.75) is 437 Å². The highest BCUT2D eigenvalue weighted by atomic mass is 16.6. The third-order valence-electron chi connectivity index (χ3n) is 24.7. The van der Waals surface area contributed by atoms with Crippen molar-refractivity contribution in [3.8, 4) is 0 Å². The van der Waals surface area contributed by atoms with E-state index in [1.165, 1.54) is 50.5 Å². The lowest BCUT2D eigenvalue weighted by Gasteiger charge is -2.39. The fraction of sp³-hybridized carbons (Fsp3) is 0.804. The summed E-state index contributed by atoms with van der Waals surface area (Å²) in [5, 5.41) is 0. The van der Waals surface area contributed by atoms with E-state index in [0.29, 0.717) is 0 Å². The lowest BCUT2D eigenvalue weighted by molar-refractivity contribution is -0.170. The summed E-state index contributed by atoms with van der Waals surface area (Å²) in [4.78, 5) is 73.3. The van der Waals surface area contributed by atoms with Crippen molar-refractivity contribution >= 4 is 35.8 Å². The first kappa shape index (κ1) is 97.3. The summed E-state index contributed by atoms with van der Waals surface area (Å²) in [6, 6.07) is 0. The smallest absolute Gasteiger partial charge is 0.312 e. The molecule has 0 bridgehead atoms. The van der Waals surface area contributed by atoms with Crippen LogP contribution in [0.4, 0.5) is 0 Å². The second-order valence-electron chi connectivity index (χ2n) is 36.4. The van der Waals surface area contributed by atoms with E-state index in [2.05, 4.69) is 59.2 Å². The van der Waals surface area contributed by atoms with Crippen LogP contribution < -0.4 is 0 Å². The second kappa shape index (κ2) is 44.1. The lowest BCUT2D eigenvalue weighted by Crippen LogP contribution is -2.42. The van der Waals surface area contributed by atoms with E-state index in [-0.39, 0.29) is 85.3 Å². The topological polar surface area (TPSA) is 158 Å². The maximum atomic E-state index is 12.4. The summed E-state index contributed by atoms with van der Waals surface area (Å²) < 4.78 is 35.1. The molecule has 12 heteroatoms. The molecule has 6 fully saturated rings. The highest BCUT2D eigenvalue weighted by Gasteiger charge is 2.45. The van der Waals surface area contributed by atoms with E-state index >= 15 is 0 Å². The van der Waals surface area contributed by atoms with Crippen molar-refractivity contribution in [2.24, 2.45) is 38.4 Å². The number of allylic oxidation sites excluding steroid dienone is 2. The molecule has 6 aliphatic carbocycles. The Bertz CT molecular complexity index is 2710. The number of rotatable bonds is 24. The van der Waals surface area contributed by atoms with Gasteiger partial charge in [-0.25, -0.2) is 0 Å². The predicted molar refractivity (Wildman–Crippen MR) is 434 cm³/mol. The quantitative estimate of drug-likeness (QED) is 0.0390. The molecule has 0 aliphatic heterocycles. The van der Waals surface area contributed by atoms with Crippen LogP contribution in [0.25, 0.3) is 0 Å². The van der Waals surface area contributed by atoms with Gasteiger partial charge >= 0.3 is 35.8 Å². The molecule has 0 aromatic rings. The molecule has 6 rings (SSSR count). The van der Waals surface area contributed by atoms with Crippen LogP contribution in [0.5, 0.6) is 0 Å². The molecule has 0 unspecified atom stereocenters. The predicted octanol–water partition coefficient (Wildman–Crippen LogP) is 26.1. The average molecular weight is 1460 g/mol. The van der Waals surface area contributed by atoms with E-state index in [9.17, 15) is 28.8 Å². The van der Waals surface area contributed by atoms with Crippen molar-refractivity contribution in [1.29, 1.82) is 0 Å². The van der Waals surface area contributed by atoms with Crippen LogP contribution in [0.3, 0.4) is 0 Å². The fourth-order valence-corrected chi connectivity index (χ4v) is 13.4. The third-order valence-corrected chi connectivity index (χ3v) is 24.7. The van der Waals surface area contributed by atoms with E-state index in [4.69, 9.17) is 28.4 Å². The molecule has 0 radical (unpaired) electrons. The van der Waals surface area contributed by atoms with Crippen molar-refractivity contribution in [3.05, 3.63) is 73.4 Å². The maximum Gasteiger partial charge on any atom is 0.312 e. The van der Waals surface area contributed by atoms with Gasteiger partial charge in [0.2, 0.25) is 0 Å². The Morgan fingerprint density at radius 3 is 0.788 bits per heavy atom. The number of carbonyl (C=O) groups is 6. The molecule has 6 saturated carbocycles. The minimum absolute atomic E-state index is 0.0537. The standard InChI is InChI=1S/C17H30O2.C16H28O2.3C15H26O2.C14H24O2/c1-7-16(5,6)15(18)19-17(12-13(2)3)10-8-14(4)9-11-17;1-5-15(3,4)14(17)18-16(6-2)12-10-8-7-9-11-13-16;1-6-14(4,5)13(16)17-15(12(2)3)10-8-7-9-11-15;1-5-14(3,4)13(16)17-15(6-2)11-9-7-8-10-12-15;1-5-10-15(11-8-7-9-12-15)17-13(16)14(3,4)6-2;1-6-13(4,5)12(15)16-14(11(2)3)9-7-8-10-14/h12,14H,7-11H2,1-6H3;6H,2,5,7-13H2,1,3-4H3;2,6-11H2,1,3-5H3;6H,2,5,7-12H2,1,3-4H3;5,10H,6-9,11-12H2,1-4H3;2,6-10H2,1,3-5H3/b;;;;10-5+;. The van der Waals surface area contributed by atoms with Crippen LogP contribution >= 0.6 is 0 Å². The molecular formula is C92H160O12. The Morgan fingerprint density at radius 2 is 0.548 bits per heavy atom. The maximum absolute atomic E-state index is 12.4. The molecule has 0 atom stereocenters. The first-order valence-electron chi connectivity index (χ1n) is 41.6. The Morgan fingerprint density at radius 1 is 0.337 bits per heavy atom. The van der Waals surface area contributed by atoms with Gasteiger partial charge in [-0.05, 0) is 352 Å². The summed E-state index contributed by atoms with van der Waals surface area (Å²) in [6.45, 7) is 63.8. The van der Waals surface area contributed by atoms with Gasteiger partial charge in [0.25, 0.3) is 0 Å². The van der Waals surface area contributed by atoms with E-state index < -0.39 is 16.6 Å². The zero-order chi connectivity index (χ0) is 79.7. The van der Waals surface area contributed by atoms with Crippen LogP contribution in [-0.2, 0) is 57.2 Å². The lowest BCUT2D eigenvalue weighted by atomic mass is 9.78. The van der Waals surface area contributed by atoms with Crippen molar-refractivity contribution in [3.63, 3.8) is 0 Å². The Balaban J connectivity index is 0.000000624. The first-order valence-corrected chi connectivity index (χ1v) is 41.6. The molecule has 0 saturated heterocycles. The Labute approximate surface area is 638 Å². The summed E-state index contributed by atoms with van der Waals surface area (Å²) in [5.41, 5.74) is -1.33. The molecule has 0 aromatic carbocycles. The van der Waals surface area contributed by atoms with E-state index in [1.807, 2.05) is 164 Å². The molecule has 6 aliphatic rings. The summed E-state index contributed by atoms with van der Waals surface area (Å²) >= 11 is 0. The van der Waals surface area contributed by atoms with Crippen molar-refractivity contribution < 1.29 is 57.2 Å².